The van der Waals surface area contributed by atoms with Crippen molar-refractivity contribution in [2.75, 3.05) is 0 Å². The maximum absolute atomic E-state index is 11.8. The molecule has 0 aromatic rings. The topological polar surface area (TPSA) is 41.1 Å². The van der Waals surface area contributed by atoms with E-state index < -0.39 is 0 Å². The van der Waals surface area contributed by atoms with Crippen molar-refractivity contribution in [3.05, 3.63) is 11.6 Å². The van der Waals surface area contributed by atoms with Crippen LogP contribution in [0.3, 0.4) is 0 Å². The molecule has 0 spiro atoms. The number of urea groups is 1. The minimum atomic E-state index is 0.0824. The third-order valence-electron chi connectivity index (χ3n) is 4.96. The molecular weight excluding hydrogens is 212 g/mol. The van der Waals surface area contributed by atoms with Gasteiger partial charge in [0.1, 0.15) is 0 Å². The smallest absolute Gasteiger partial charge is 0.315 e. The number of carbonyl (C=O) groups excluding carboxylic acids is 1. The zero-order chi connectivity index (χ0) is 11.4. The maximum Gasteiger partial charge on any atom is 0.315 e. The fraction of sp³-hybridized carbons (Fsp3) is 0.786. The van der Waals surface area contributed by atoms with E-state index in [0.29, 0.717) is 12.1 Å². The number of nitrogens with one attached hydrogen (secondary N) is 2. The first kappa shape index (κ1) is 9.98. The van der Waals surface area contributed by atoms with Crippen molar-refractivity contribution in [3.8, 4) is 0 Å². The van der Waals surface area contributed by atoms with Gasteiger partial charge in [-0.05, 0) is 56.3 Å². The lowest BCUT2D eigenvalue weighted by atomic mass is 9.59. The van der Waals surface area contributed by atoms with E-state index >= 15 is 0 Å². The maximum atomic E-state index is 11.8. The van der Waals surface area contributed by atoms with Gasteiger partial charge in [-0.25, -0.2) is 4.79 Å². The number of rotatable bonds is 2. The Morgan fingerprint density at radius 1 is 1.12 bits per heavy atom. The second-order valence-electron chi connectivity index (χ2n) is 6.40. The molecule has 5 rings (SSSR count). The summed E-state index contributed by atoms with van der Waals surface area (Å²) < 4.78 is 0. The van der Waals surface area contributed by atoms with Crippen molar-refractivity contribution in [1.82, 2.24) is 10.6 Å². The Morgan fingerprint density at radius 2 is 1.82 bits per heavy atom. The standard InChI is InChI=1S/C14H20N2O/c17-14(15-12-1-2-12)16-13-10-4-8-3-9(6-10)7-11(13)5-8/h3,8,10-13H,1-2,4-7H2,(H2,15,16,17). The SMILES string of the molecule is O=C(NC1CC1)NC1C2CC3=CC(C2)CC1C3. The zero-order valence-electron chi connectivity index (χ0n) is 10.1. The molecule has 3 nitrogen and oxygen atoms in total. The highest BCUT2D eigenvalue weighted by Gasteiger charge is 2.45. The highest BCUT2D eigenvalue weighted by Crippen LogP contribution is 2.50. The summed E-state index contributed by atoms with van der Waals surface area (Å²) in [5.41, 5.74) is 1.67. The lowest BCUT2D eigenvalue weighted by molar-refractivity contribution is 0.112. The van der Waals surface area contributed by atoms with E-state index in [0.717, 1.165) is 17.8 Å². The van der Waals surface area contributed by atoms with Crippen LogP contribution in [0.15, 0.2) is 11.6 Å². The number of hydrogen-bond acceptors (Lipinski definition) is 1. The molecule has 2 unspecified atom stereocenters. The molecule has 3 saturated carbocycles. The van der Waals surface area contributed by atoms with E-state index in [1.54, 1.807) is 5.57 Å². The van der Waals surface area contributed by atoms with Gasteiger partial charge in [-0.3, -0.25) is 0 Å². The molecule has 0 radical (unpaired) electrons. The van der Waals surface area contributed by atoms with Gasteiger partial charge in [-0.1, -0.05) is 11.6 Å². The van der Waals surface area contributed by atoms with Crippen LogP contribution in [0, 0.1) is 17.8 Å². The first-order chi connectivity index (χ1) is 8.28. The molecule has 2 N–H and O–H groups in total. The summed E-state index contributed by atoms with van der Waals surface area (Å²) >= 11 is 0. The average molecular weight is 232 g/mol. The Morgan fingerprint density at radius 3 is 2.41 bits per heavy atom. The Balaban J connectivity index is 1.44. The minimum absolute atomic E-state index is 0.0824. The van der Waals surface area contributed by atoms with Crippen LogP contribution in [0.2, 0.25) is 0 Å². The summed E-state index contributed by atoms with van der Waals surface area (Å²) in [4.78, 5) is 11.8. The van der Waals surface area contributed by atoms with Gasteiger partial charge in [0.05, 0.1) is 0 Å². The molecule has 2 amide bonds. The van der Waals surface area contributed by atoms with Crippen LogP contribution in [0.1, 0.15) is 38.5 Å². The quantitative estimate of drug-likeness (QED) is 0.704. The van der Waals surface area contributed by atoms with Crippen LogP contribution < -0.4 is 10.6 Å². The molecule has 0 aliphatic heterocycles. The van der Waals surface area contributed by atoms with Crippen LogP contribution in [0.4, 0.5) is 4.79 Å². The van der Waals surface area contributed by atoms with Gasteiger partial charge in [0.25, 0.3) is 0 Å². The summed E-state index contributed by atoms with van der Waals surface area (Å²) in [5, 5.41) is 6.30. The number of hydrogen-bond donors (Lipinski definition) is 2. The molecule has 3 fully saturated rings. The second-order valence-corrected chi connectivity index (χ2v) is 6.40. The Kier molecular flexibility index (Phi) is 2.06. The minimum Gasteiger partial charge on any atom is -0.335 e. The summed E-state index contributed by atoms with van der Waals surface area (Å²) in [5.74, 6) is 2.27. The fourth-order valence-corrected chi connectivity index (χ4v) is 4.18. The van der Waals surface area contributed by atoms with Gasteiger partial charge in [0.2, 0.25) is 0 Å². The van der Waals surface area contributed by atoms with Crippen molar-refractivity contribution >= 4 is 6.03 Å². The van der Waals surface area contributed by atoms with Gasteiger partial charge in [0, 0.05) is 12.1 Å². The van der Waals surface area contributed by atoms with Crippen molar-refractivity contribution in [2.45, 2.75) is 50.6 Å². The average Bonchev–Trinajstić information content (AvgIpc) is 3.06. The van der Waals surface area contributed by atoms with Crippen LogP contribution in [0.25, 0.3) is 0 Å². The number of allylic oxidation sites excluding steroid dienone is 2. The van der Waals surface area contributed by atoms with Crippen molar-refractivity contribution in [1.29, 1.82) is 0 Å². The molecule has 17 heavy (non-hydrogen) atoms. The molecule has 5 aliphatic carbocycles. The van der Waals surface area contributed by atoms with Crippen molar-refractivity contribution in [2.24, 2.45) is 17.8 Å². The van der Waals surface area contributed by atoms with Crippen LogP contribution >= 0.6 is 0 Å². The van der Waals surface area contributed by atoms with Crippen LogP contribution in [-0.2, 0) is 0 Å². The normalized spacial score (nSPS) is 42.2. The predicted molar refractivity (Wildman–Crippen MR) is 65.5 cm³/mol. The van der Waals surface area contributed by atoms with Gasteiger partial charge >= 0.3 is 6.03 Å². The molecule has 0 saturated heterocycles. The van der Waals surface area contributed by atoms with Crippen molar-refractivity contribution in [3.63, 3.8) is 0 Å². The predicted octanol–water partition coefficient (Wildman–Crippen LogP) is 2.19. The molecule has 4 bridgehead atoms. The Bertz CT molecular complexity index is 368. The molecule has 0 aromatic carbocycles. The first-order valence-corrected chi connectivity index (χ1v) is 7.04. The Hall–Kier alpha value is -0.990. The van der Waals surface area contributed by atoms with Crippen LogP contribution in [0.5, 0.6) is 0 Å². The molecule has 2 atom stereocenters. The van der Waals surface area contributed by atoms with E-state index in [1.165, 1.54) is 38.5 Å². The van der Waals surface area contributed by atoms with E-state index in [2.05, 4.69) is 16.7 Å². The second kappa shape index (κ2) is 3.50. The fourth-order valence-electron chi connectivity index (χ4n) is 4.18. The first-order valence-electron chi connectivity index (χ1n) is 7.04. The highest BCUT2D eigenvalue weighted by atomic mass is 16.2. The van der Waals surface area contributed by atoms with Gasteiger partial charge in [-0.15, -0.1) is 0 Å². The lowest BCUT2D eigenvalue weighted by Crippen LogP contribution is -2.55. The summed E-state index contributed by atoms with van der Waals surface area (Å²) in [6.45, 7) is 0. The molecule has 0 aromatic heterocycles. The monoisotopic (exact) mass is 232 g/mol. The van der Waals surface area contributed by atoms with Gasteiger partial charge in [0.15, 0.2) is 0 Å². The Labute approximate surface area is 102 Å². The van der Waals surface area contributed by atoms with E-state index in [-0.39, 0.29) is 6.03 Å². The van der Waals surface area contributed by atoms with E-state index in [1.807, 2.05) is 0 Å². The lowest BCUT2D eigenvalue weighted by Gasteiger charge is -2.50. The molecule has 5 aliphatic rings. The van der Waals surface area contributed by atoms with Gasteiger partial charge < -0.3 is 10.6 Å². The summed E-state index contributed by atoms with van der Waals surface area (Å²) in [6.07, 6.45) is 9.92. The van der Waals surface area contributed by atoms with E-state index in [4.69, 9.17) is 0 Å². The number of carbonyl (C=O) groups is 1. The molecule has 92 valence electrons. The summed E-state index contributed by atoms with van der Waals surface area (Å²) in [7, 11) is 0. The number of amides is 2. The van der Waals surface area contributed by atoms with Crippen LogP contribution in [-0.4, -0.2) is 18.1 Å². The largest absolute Gasteiger partial charge is 0.335 e. The highest BCUT2D eigenvalue weighted by molar-refractivity contribution is 5.75. The molecule has 0 heterocycles. The zero-order valence-corrected chi connectivity index (χ0v) is 10.1. The van der Waals surface area contributed by atoms with E-state index in [9.17, 15) is 4.79 Å². The molecular formula is C14H20N2O. The third kappa shape index (κ3) is 1.76. The summed E-state index contributed by atoms with van der Waals surface area (Å²) in [6, 6.07) is 0.996. The van der Waals surface area contributed by atoms with Crippen molar-refractivity contribution < 1.29 is 4.79 Å². The third-order valence-corrected chi connectivity index (χ3v) is 4.96. The molecule has 3 heteroatoms. The van der Waals surface area contributed by atoms with Gasteiger partial charge in [-0.2, -0.15) is 0 Å².